The Morgan fingerprint density at radius 2 is 2.00 bits per heavy atom. The van der Waals surface area contributed by atoms with Gasteiger partial charge in [-0.05, 0) is 30.0 Å². The summed E-state index contributed by atoms with van der Waals surface area (Å²) in [6.45, 7) is 4.74. The molecule has 1 heterocycles. The molecule has 1 amide bonds. The quantitative estimate of drug-likeness (QED) is 0.888. The van der Waals surface area contributed by atoms with Gasteiger partial charge in [-0.3, -0.25) is 4.79 Å². The van der Waals surface area contributed by atoms with Crippen molar-refractivity contribution in [3.63, 3.8) is 0 Å². The van der Waals surface area contributed by atoms with Gasteiger partial charge in [-0.1, -0.05) is 26.0 Å². The first-order valence-electron chi connectivity index (χ1n) is 6.89. The van der Waals surface area contributed by atoms with E-state index in [1.54, 1.807) is 12.1 Å². The van der Waals surface area contributed by atoms with Crippen LogP contribution in [0, 0.1) is 11.7 Å². The molecule has 6 heteroatoms. The molecular formula is C15H18FN3O2. The first-order valence-corrected chi connectivity index (χ1v) is 6.89. The minimum Gasteiger partial charge on any atom is -0.417 e. The number of carbonyl (C=O) groups excluding carboxylic acids is 1. The lowest BCUT2D eigenvalue weighted by Gasteiger charge is -2.04. The summed E-state index contributed by atoms with van der Waals surface area (Å²) in [5, 5.41) is 10.3. The first-order chi connectivity index (χ1) is 10.0. The molecular weight excluding hydrogens is 273 g/mol. The van der Waals surface area contributed by atoms with E-state index in [1.165, 1.54) is 12.1 Å². The van der Waals surface area contributed by atoms with Crippen LogP contribution in [0.4, 0.5) is 4.39 Å². The predicted octanol–water partition coefficient (Wildman–Crippen LogP) is 2.58. The van der Waals surface area contributed by atoms with Crippen LogP contribution in [-0.4, -0.2) is 22.6 Å². The van der Waals surface area contributed by atoms with Gasteiger partial charge in [0.05, 0.1) is 6.42 Å². The van der Waals surface area contributed by atoms with Crippen molar-refractivity contribution >= 4 is 5.91 Å². The molecule has 1 aromatic carbocycles. The molecule has 0 saturated heterocycles. The van der Waals surface area contributed by atoms with Crippen molar-refractivity contribution in [2.75, 3.05) is 6.54 Å². The highest BCUT2D eigenvalue weighted by atomic mass is 19.1. The average molecular weight is 291 g/mol. The van der Waals surface area contributed by atoms with E-state index in [9.17, 15) is 9.18 Å². The van der Waals surface area contributed by atoms with E-state index in [0.717, 1.165) is 12.0 Å². The minimum atomic E-state index is -0.367. The Morgan fingerprint density at radius 3 is 2.67 bits per heavy atom. The van der Waals surface area contributed by atoms with Crippen molar-refractivity contribution in [1.82, 2.24) is 15.5 Å². The van der Waals surface area contributed by atoms with Crippen molar-refractivity contribution in [1.29, 1.82) is 0 Å². The van der Waals surface area contributed by atoms with Gasteiger partial charge in [0.25, 0.3) is 0 Å². The van der Waals surface area contributed by atoms with E-state index in [1.807, 2.05) is 0 Å². The number of amides is 1. The molecule has 0 spiro atoms. The lowest BCUT2D eigenvalue weighted by molar-refractivity contribution is 0.0915. The second-order valence-electron chi connectivity index (χ2n) is 5.24. The minimum absolute atomic E-state index is 0.0455. The number of hydrogen-bond acceptors (Lipinski definition) is 4. The number of hydrogen-bond donors (Lipinski definition) is 1. The molecule has 0 atom stereocenters. The summed E-state index contributed by atoms with van der Waals surface area (Å²) in [5.41, 5.74) is 0.840. The fourth-order valence-corrected chi connectivity index (χ4v) is 1.74. The Kier molecular flexibility index (Phi) is 5.03. The highest BCUT2D eigenvalue weighted by Gasteiger charge is 2.14. The monoisotopic (exact) mass is 291 g/mol. The molecule has 21 heavy (non-hydrogen) atoms. The molecule has 0 radical (unpaired) electrons. The van der Waals surface area contributed by atoms with Gasteiger partial charge in [0, 0.05) is 6.54 Å². The van der Waals surface area contributed by atoms with Crippen molar-refractivity contribution in [2.24, 2.45) is 5.92 Å². The normalized spacial score (nSPS) is 10.9. The molecule has 5 nitrogen and oxygen atoms in total. The summed E-state index contributed by atoms with van der Waals surface area (Å²) in [6.07, 6.45) is 1.26. The SMILES string of the molecule is CC(C)CCNC(=O)c1nnc(Cc2ccc(F)cc2)o1. The van der Waals surface area contributed by atoms with Crippen LogP contribution in [0.1, 0.15) is 42.4 Å². The summed E-state index contributed by atoms with van der Waals surface area (Å²) >= 11 is 0. The van der Waals surface area contributed by atoms with Crippen molar-refractivity contribution in [3.05, 3.63) is 47.4 Å². The topological polar surface area (TPSA) is 68.0 Å². The van der Waals surface area contributed by atoms with E-state index in [0.29, 0.717) is 24.8 Å². The molecule has 0 unspecified atom stereocenters. The van der Waals surface area contributed by atoms with Gasteiger partial charge in [-0.15, -0.1) is 10.2 Å². The molecule has 0 fully saturated rings. The van der Waals surface area contributed by atoms with Crippen LogP contribution in [-0.2, 0) is 6.42 Å². The fourth-order valence-electron chi connectivity index (χ4n) is 1.74. The van der Waals surface area contributed by atoms with Crippen LogP contribution in [0.15, 0.2) is 28.7 Å². The highest BCUT2D eigenvalue weighted by Crippen LogP contribution is 2.09. The van der Waals surface area contributed by atoms with Gasteiger partial charge < -0.3 is 9.73 Å². The number of aromatic nitrogens is 2. The maximum Gasteiger partial charge on any atom is 0.308 e. The predicted molar refractivity (Wildman–Crippen MR) is 75.3 cm³/mol. The lowest BCUT2D eigenvalue weighted by Crippen LogP contribution is -2.25. The van der Waals surface area contributed by atoms with Crippen LogP contribution in [0.2, 0.25) is 0 Å². The highest BCUT2D eigenvalue weighted by molar-refractivity contribution is 5.89. The largest absolute Gasteiger partial charge is 0.417 e. The van der Waals surface area contributed by atoms with E-state index in [2.05, 4.69) is 29.4 Å². The van der Waals surface area contributed by atoms with Crippen molar-refractivity contribution in [2.45, 2.75) is 26.7 Å². The van der Waals surface area contributed by atoms with E-state index < -0.39 is 0 Å². The molecule has 1 N–H and O–H groups in total. The zero-order valence-electron chi connectivity index (χ0n) is 12.1. The molecule has 0 aliphatic heterocycles. The molecule has 0 saturated carbocycles. The number of rotatable bonds is 6. The molecule has 2 aromatic rings. The second kappa shape index (κ2) is 6.97. The summed E-state index contributed by atoms with van der Waals surface area (Å²) in [7, 11) is 0. The maximum atomic E-state index is 12.8. The van der Waals surface area contributed by atoms with Gasteiger partial charge in [0.2, 0.25) is 5.89 Å². The van der Waals surface area contributed by atoms with Crippen molar-refractivity contribution < 1.29 is 13.6 Å². The number of nitrogens with zero attached hydrogens (tertiary/aromatic N) is 2. The van der Waals surface area contributed by atoms with E-state index in [-0.39, 0.29) is 17.6 Å². The number of nitrogens with one attached hydrogen (secondary N) is 1. The number of halogens is 1. The number of carbonyl (C=O) groups is 1. The lowest BCUT2D eigenvalue weighted by atomic mass is 10.1. The zero-order valence-corrected chi connectivity index (χ0v) is 12.1. The number of benzene rings is 1. The smallest absolute Gasteiger partial charge is 0.308 e. The van der Waals surface area contributed by atoms with Crippen LogP contribution < -0.4 is 5.32 Å². The third-order valence-corrected chi connectivity index (χ3v) is 2.94. The van der Waals surface area contributed by atoms with E-state index >= 15 is 0 Å². The van der Waals surface area contributed by atoms with Crippen LogP contribution in [0.25, 0.3) is 0 Å². The second-order valence-corrected chi connectivity index (χ2v) is 5.24. The van der Waals surface area contributed by atoms with Gasteiger partial charge in [0.15, 0.2) is 0 Å². The third-order valence-electron chi connectivity index (χ3n) is 2.94. The van der Waals surface area contributed by atoms with Crippen molar-refractivity contribution in [3.8, 4) is 0 Å². The van der Waals surface area contributed by atoms with Crippen LogP contribution in [0.5, 0.6) is 0 Å². The molecule has 112 valence electrons. The first kappa shape index (κ1) is 15.2. The third kappa shape index (κ3) is 4.66. The maximum absolute atomic E-state index is 12.8. The Hall–Kier alpha value is -2.24. The Morgan fingerprint density at radius 1 is 1.29 bits per heavy atom. The zero-order chi connectivity index (χ0) is 15.2. The van der Waals surface area contributed by atoms with E-state index in [4.69, 9.17) is 4.42 Å². The standard InChI is InChI=1S/C15H18FN3O2/c1-10(2)7-8-17-14(20)15-19-18-13(21-15)9-11-3-5-12(16)6-4-11/h3-6,10H,7-9H2,1-2H3,(H,17,20). The summed E-state index contributed by atoms with van der Waals surface area (Å²) in [4.78, 5) is 11.8. The van der Waals surface area contributed by atoms with Gasteiger partial charge >= 0.3 is 11.8 Å². The fraction of sp³-hybridized carbons (Fsp3) is 0.400. The Labute approximate surface area is 122 Å². The summed E-state index contributed by atoms with van der Waals surface area (Å²) in [6, 6.07) is 6.01. The summed E-state index contributed by atoms with van der Waals surface area (Å²) in [5.74, 6) is 0.136. The Bertz CT molecular complexity index is 593. The Balaban J connectivity index is 1.91. The molecule has 2 rings (SSSR count). The summed E-state index contributed by atoms with van der Waals surface area (Å²) < 4.78 is 18.1. The van der Waals surface area contributed by atoms with Crippen LogP contribution >= 0.6 is 0 Å². The van der Waals surface area contributed by atoms with Gasteiger partial charge in [-0.25, -0.2) is 4.39 Å². The van der Waals surface area contributed by atoms with Crippen LogP contribution in [0.3, 0.4) is 0 Å². The average Bonchev–Trinajstić information content (AvgIpc) is 2.89. The molecule has 0 bridgehead atoms. The molecule has 0 aliphatic rings. The molecule has 1 aromatic heterocycles. The molecule has 0 aliphatic carbocycles. The van der Waals surface area contributed by atoms with Gasteiger partial charge in [0.1, 0.15) is 5.82 Å². The van der Waals surface area contributed by atoms with Gasteiger partial charge in [-0.2, -0.15) is 0 Å².